The van der Waals surface area contributed by atoms with Crippen LogP contribution in [0.1, 0.15) is 31.1 Å². The van der Waals surface area contributed by atoms with Gasteiger partial charge in [-0.1, -0.05) is 25.4 Å². The van der Waals surface area contributed by atoms with Gasteiger partial charge in [-0.05, 0) is 25.0 Å². The number of nitrogens with two attached hydrogens (primary N) is 1. The summed E-state index contributed by atoms with van der Waals surface area (Å²) in [6, 6.07) is 3.35. The number of halogens is 1. The normalized spacial score (nSPS) is 12.3. The fraction of sp³-hybridized carbons (Fsp3) is 0.462. The van der Waals surface area contributed by atoms with Crippen LogP contribution >= 0.6 is 11.6 Å². The summed E-state index contributed by atoms with van der Waals surface area (Å²) < 4.78 is 4.74. The van der Waals surface area contributed by atoms with Crippen molar-refractivity contribution in [2.24, 2.45) is 5.92 Å². The molecule has 1 aromatic rings. The first-order valence-corrected chi connectivity index (χ1v) is 6.18. The van der Waals surface area contributed by atoms with Crippen LogP contribution in [0.25, 0.3) is 0 Å². The van der Waals surface area contributed by atoms with E-state index in [1.165, 1.54) is 7.11 Å². The number of carbonyl (C=O) groups excluding carboxylic acids is 1. The van der Waals surface area contributed by atoms with Gasteiger partial charge in [0.15, 0.2) is 0 Å². The highest BCUT2D eigenvalue weighted by molar-refractivity contribution is 6.34. The zero-order valence-electron chi connectivity index (χ0n) is 11.1. The van der Waals surface area contributed by atoms with Crippen LogP contribution in [0, 0.1) is 5.92 Å². The monoisotopic (exact) mass is 270 g/mol. The van der Waals surface area contributed by atoms with Crippen LogP contribution in [0.15, 0.2) is 12.1 Å². The molecule has 4 nitrogen and oxygen atoms in total. The van der Waals surface area contributed by atoms with Gasteiger partial charge in [0.2, 0.25) is 0 Å². The van der Waals surface area contributed by atoms with E-state index in [1.807, 2.05) is 6.92 Å². The molecule has 0 aromatic heterocycles. The highest BCUT2D eigenvalue weighted by Crippen LogP contribution is 2.31. The lowest BCUT2D eigenvalue weighted by Gasteiger charge is -2.21. The van der Waals surface area contributed by atoms with Crippen molar-refractivity contribution in [3.05, 3.63) is 22.7 Å². The second-order valence-corrected chi connectivity index (χ2v) is 5.00. The molecule has 1 rings (SSSR count). The van der Waals surface area contributed by atoms with Gasteiger partial charge in [0.1, 0.15) is 0 Å². The van der Waals surface area contributed by atoms with E-state index in [2.05, 4.69) is 19.2 Å². The van der Waals surface area contributed by atoms with Crippen LogP contribution in [0.5, 0.6) is 0 Å². The number of ether oxygens (including phenoxy) is 1. The smallest absolute Gasteiger partial charge is 0.340 e. The van der Waals surface area contributed by atoms with Crippen molar-refractivity contribution in [2.45, 2.75) is 26.8 Å². The number of rotatable bonds is 4. The largest absolute Gasteiger partial charge is 0.465 e. The standard InChI is InChI=1S/C13H19ClN2O2/c1-7(2)8(3)16-12-10(13(17)18-4)5-9(15)6-11(12)14/h5-8,16H,15H2,1-4H3. The van der Waals surface area contributed by atoms with Gasteiger partial charge >= 0.3 is 5.97 Å². The lowest BCUT2D eigenvalue weighted by Crippen LogP contribution is -2.23. The summed E-state index contributed by atoms with van der Waals surface area (Å²) in [6.45, 7) is 6.19. The minimum atomic E-state index is -0.456. The van der Waals surface area contributed by atoms with Gasteiger partial charge < -0.3 is 15.8 Å². The van der Waals surface area contributed by atoms with Crippen LogP contribution in [0.2, 0.25) is 5.02 Å². The van der Waals surface area contributed by atoms with Crippen molar-refractivity contribution < 1.29 is 9.53 Å². The van der Waals surface area contributed by atoms with E-state index in [0.29, 0.717) is 27.9 Å². The number of esters is 1. The Labute approximate surface area is 112 Å². The third-order valence-corrected chi connectivity index (χ3v) is 3.19. The molecule has 0 aliphatic heterocycles. The summed E-state index contributed by atoms with van der Waals surface area (Å²) in [5, 5.41) is 3.65. The highest BCUT2D eigenvalue weighted by Gasteiger charge is 2.18. The van der Waals surface area contributed by atoms with Crippen LogP contribution in [0.3, 0.4) is 0 Å². The van der Waals surface area contributed by atoms with Gasteiger partial charge in [-0.2, -0.15) is 0 Å². The topological polar surface area (TPSA) is 64.3 Å². The molecule has 0 fully saturated rings. The number of carbonyl (C=O) groups is 1. The van der Waals surface area contributed by atoms with Gasteiger partial charge in [0.25, 0.3) is 0 Å². The Hall–Kier alpha value is -1.42. The maximum absolute atomic E-state index is 11.7. The zero-order chi connectivity index (χ0) is 13.9. The molecule has 0 amide bonds. The van der Waals surface area contributed by atoms with Crippen molar-refractivity contribution >= 4 is 28.9 Å². The van der Waals surface area contributed by atoms with Gasteiger partial charge in [0.05, 0.1) is 23.4 Å². The predicted molar refractivity (Wildman–Crippen MR) is 75.1 cm³/mol. The molecular weight excluding hydrogens is 252 g/mol. The predicted octanol–water partition coefficient (Wildman–Crippen LogP) is 3.17. The third kappa shape index (κ3) is 3.29. The average molecular weight is 271 g/mol. The molecule has 0 aliphatic rings. The minimum absolute atomic E-state index is 0.175. The van der Waals surface area contributed by atoms with Crippen molar-refractivity contribution in [1.82, 2.24) is 0 Å². The molecule has 0 aliphatic carbocycles. The summed E-state index contributed by atoms with van der Waals surface area (Å²) in [4.78, 5) is 11.7. The molecule has 5 heteroatoms. The van der Waals surface area contributed by atoms with Gasteiger partial charge in [-0.25, -0.2) is 4.79 Å². The number of hydrogen-bond donors (Lipinski definition) is 2. The van der Waals surface area contributed by atoms with E-state index in [4.69, 9.17) is 22.1 Å². The fourth-order valence-electron chi connectivity index (χ4n) is 1.44. The molecule has 3 N–H and O–H groups in total. The fourth-order valence-corrected chi connectivity index (χ4v) is 1.72. The molecule has 100 valence electrons. The van der Waals surface area contributed by atoms with Crippen LogP contribution in [-0.2, 0) is 4.74 Å². The van der Waals surface area contributed by atoms with E-state index in [0.717, 1.165) is 0 Å². The summed E-state index contributed by atoms with van der Waals surface area (Å²) in [6.07, 6.45) is 0. The summed E-state index contributed by atoms with van der Waals surface area (Å²) in [5.41, 5.74) is 7.05. The number of nitrogens with one attached hydrogen (secondary N) is 1. The number of hydrogen-bond acceptors (Lipinski definition) is 4. The molecule has 1 atom stereocenters. The van der Waals surface area contributed by atoms with Crippen molar-refractivity contribution in [2.75, 3.05) is 18.2 Å². The summed E-state index contributed by atoms with van der Waals surface area (Å²) >= 11 is 6.13. The number of methoxy groups -OCH3 is 1. The Balaban J connectivity index is 3.19. The van der Waals surface area contributed by atoms with E-state index in [9.17, 15) is 4.79 Å². The van der Waals surface area contributed by atoms with Crippen molar-refractivity contribution in [3.8, 4) is 0 Å². The van der Waals surface area contributed by atoms with Crippen LogP contribution < -0.4 is 11.1 Å². The molecule has 0 heterocycles. The first kappa shape index (κ1) is 14.6. The zero-order valence-corrected chi connectivity index (χ0v) is 11.8. The Bertz CT molecular complexity index is 447. The van der Waals surface area contributed by atoms with E-state index in [-0.39, 0.29) is 6.04 Å². The molecule has 0 saturated carbocycles. The first-order chi connectivity index (χ1) is 8.36. The quantitative estimate of drug-likeness (QED) is 0.652. The molecule has 0 saturated heterocycles. The second-order valence-electron chi connectivity index (χ2n) is 4.59. The summed E-state index contributed by atoms with van der Waals surface area (Å²) in [5.74, 6) is -0.0493. The van der Waals surface area contributed by atoms with E-state index < -0.39 is 5.97 Å². The average Bonchev–Trinajstić information content (AvgIpc) is 2.30. The summed E-state index contributed by atoms with van der Waals surface area (Å²) in [7, 11) is 1.33. The second kappa shape index (κ2) is 5.96. The molecular formula is C13H19ClN2O2. The first-order valence-electron chi connectivity index (χ1n) is 5.80. The molecule has 0 radical (unpaired) electrons. The van der Waals surface area contributed by atoms with Crippen LogP contribution in [-0.4, -0.2) is 19.1 Å². The molecule has 18 heavy (non-hydrogen) atoms. The Morgan fingerprint density at radius 3 is 2.50 bits per heavy atom. The van der Waals surface area contributed by atoms with Gasteiger partial charge in [-0.3, -0.25) is 0 Å². The van der Waals surface area contributed by atoms with Crippen molar-refractivity contribution in [1.29, 1.82) is 0 Å². The Morgan fingerprint density at radius 1 is 1.39 bits per heavy atom. The van der Waals surface area contributed by atoms with Gasteiger partial charge in [0, 0.05) is 11.7 Å². The third-order valence-electron chi connectivity index (χ3n) is 2.89. The van der Waals surface area contributed by atoms with Crippen molar-refractivity contribution in [3.63, 3.8) is 0 Å². The number of nitrogen functional groups attached to an aromatic ring is 1. The van der Waals surface area contributed by atoms with Crippen LogP contribution in [0.4, 0.5) is 11.4 Å². The molecule has 0 bridgehead atoms. The SMILES string of the molecule is COC(=O)c1cc(N)cc(Cl)c1NC(C)C(C)C. The van der Waals surface area contributed by atoms with E-state index >= 15 is 0 Å². The minimum Gasteiger partial charge on any atom is -0.465 e. The molecule has 1 aromatic carbocycles. The lowest BCUT2D eigenvalue weighted by atomic mass is 10.0. The molecule has 0 spiro atoms. The van der Waals surface area contributed by atoms with E-state index in [1.54, 1.807) is 12.1 Å². The molecule has 1 unspecified atom stereocenters. The maximum Gasteiger partial charge on any atom is 0.340 e. The highest BCUT2D eigenvalue weighted by atomic mass is 35.5. The maximum atomic E-state index is 11.7. The Morgan fingerprint density at radius 2 is 2.00 bits per heavy atom. The lowest BCUT2D eigenvalue weighted by molar-refractivity contribution is 0.0602. The number of anilines is 2. The number of benzene rings is 1. The Kier molecular flexibility index (Phi) is 4.84. The van der Waals surface area contributed by atoms with Gasteiger partial charge in [-0.15, -0.1) is 0 Å².